The molecule has 13 heavy (non-hydrogen) atoms. The Labute approximate surface area is 78.0 Å². The lowest BCUT2D eigenvalue weighted by atomic mass is 10.1. The van der Waals surface area contributed by atoms with Crippen LogP contribution in [0.5, 0.6) is 0 Å². The molecule has 0 aromatic carbocycles. The van der Waals surface area contributed by atoms with Gasteiger partial charge in [-0.1, -0.05) is 19.1 Å². The summed E-state index contributed by atoms with van der Waals surface area (Å²) in [6.45, 7) is 2.13. The van der Waals surface area contributed by atoms with Gasteiger partial charge in [-0.2, -0.15) is 0 Å². The van der Waals surface area contributed by atoms with Crippen LogP contribution in [0, 0.1) is 0 Å². The Bertz CT molecular complexity index is 364. The first-order valence-electron chi connectivity index (χ1n) is 4.58. The molecule has 0 saturated carbocycles. The van der Waals surface area contributed by atoms with Crippen LogP contribution in [0.25, 0.3) is 6.08 Å². The molecule has 0 spiro atoms. The minimum Gasteiger partial charge on any atom is -0.241 e. The van der Waals surface area contributed by atoms with Crippen LogP contribution >= 0.6 is 0 Å². The molecular formula is C11H12N2. The molecule has 1 aliphatic rings. The lowest BCUT2D eigenvalue weighted by Gasteiger charge is -2.00. The average molecular weight is 172 g/mol. The van der Waals surface area contributed by atoms with E-state index in [0.717, 1.165) is 24.2 Å². The fourth-order valence-electron chi connectivity index (χ4n) is 1.34. The molecule has 66 valence electrons. The molecule has 0 radical (unpaired) electrons. The third-order valence-corrected chi connectivity index (χ3v) is 2.11. The summed E-state index contributed by atoms with van der Waals surface area (Å²) in [7, 11) is 0. The van der Waals surface area contributed by atoms with Crippen LogP contribution < -0.4 is 0 Å². The van der Waals surface area contributed by atoms with E-state index in [1.54, 1.807) is 0 Å². The van der Waals surface area contributed by atoms with E-state index in [1.165, 1.54) is 5.56 Å². The number of aromatic nitrogens is 1. The van der Waals surface area contributed by atoms with Crippen LogP contribution in [0.15, 0.2) is 23.3 Å². The Morgan fingerprint density at radius 1 is 1.46 bits per heavy atom. The number of aliphatic imine (C=N–C) groups is 1. The maximum atomic E-state index is 4.30. The van der Waals surface area contributed by atoms with E-state index in [1.807, 2.05) is 12.4 Å². The second kappa shape index (κ2) is 3.52. The zero-order valence-electron chi connectivity index (χ0n) is 7.70. The highest BCUT2D eigenvalue weighted by Gasteiger charge is 2.01. The molecule has 0 atom stereocenters. The van der Waals surface area contributed by atoms with Crippen molar-refractivity contribution in [1.29, 1.82) is 0 Å². The summed E-state index contributed by atoms with van der Waals surface area (Å²) in [5.74, 6) is 0.839. The summed E-state index contributed by atoms with van der Waals surface area (Å²) in [5, 5.41) is 0. The third kappa shape index (κ3) is 1.66. The number of nitrogens with zero attached hydrogens (tertiary/aromatic N) is 2. The number of fused-ring (bicyclic) bond motifs is 1. The zero-order valence-corrected chi connectivity index (χ0v) is 7.70. The first-order chi connectivity index (χ1) is 6.40. The van der Waals surface area contributed by atoms with E-state index in [9.17, 15) is 0 Å². The monoisotopic (exact) mass is 172 g/mol. The summed E-state index contributed by atoms with van der Waals surface area (Å²) in [4.78, 5) is 8.56. The maximum absolute atomic E-state index is 4.30. The zero-order chi connectivity index (χ0) is 9.10. The van der Waals surface area contributed by atoms with Crippen molar-refractivity contribution in [2.45, 2.75) is 19.8 Å². The van der Waals surface area contributed by atoms with Crippen LogP contribution in [-0.2, 0) is 6.42 Å². The van der Waals surface area contributed by atoms with Gasteiger partial charge in [0.15, 0.2) is 5.82 Å². The first-order valence-corrected chi connectivity index (χ1v) is 4.58. The lowest BCUT2D eigenvalue weighted by Crippen LogP contribution is -1.85. The third-order valence-electron chi connectivity index (χ3n) is 2.11. The number of hydrogen-bond acceptors (Lipinski definition) is 2. The van der Waals surface area contributed by atoms with Crippen LogP contribution in [0.2, 0.25) is 0 Å². The predicted molar refractivity (Wildman–Crippen MR) is 55.4 cm³/mol. The van der Waals surface area contributed by atoms with Gasteiger partial charge in [0, 0.05) is 24.4 Å². The number of aryl methyl sites for hydroxylation is 1. The molecule has 0 saturated heterocycles. The molecule has 0 bridgehead atoms. The van der Waals surface area contributed by atoms with Crippen LogP contribution in [-0.4, -0.2) is 11.2 Å². The van der Waals surface area contributed by atoms with E-state index in [4.69, 9.17) is 0 Å². The summed E-state index contributed by atoms with van der Waals surface area (Å²) in [5.41, 5.74) is 2.40. The summed E-state index contributed by atoms with van der Waals surface area (Å²) >= 11 is 0. The summed E-state index contributed by atoms with van der Waals surface area (Å²) in [6.07, 6.45) is 9.91. The number of rotatable bonds is 1. The molecule has 0 amide bonds. The van der Waals surface area contributed by atoms with Gasteiger partial charge in [-0.25, -0.2) is 9.98 Å². The fraction of sp³-hybridized carbons (Fsp3) is 0.273. The average Bonchev–Trinajstić information content (AvgIpc) is 2.41. The molecule has 1 aromatic rings. The van der Waals surface area contributed by atoms with Crippen molar-refractivity contribution in [2.24, 2.45) is 4.99 Å². The molecule has 0 unspecified atom stereocenters. The quantitative estimate of drug-likeness (QED) is 0.639. The molecular weight excluding hydrogens is 160 g/mol. The molecule has 2 rings (SSSR count). The SMILES string of the molecule is CCc1cnc2c(c1)C=CCC=N2. The molecule has 0 aliphatic carbocycles. The van der Waals surface area contributed by atoms with E-state index in [2.05, 4.69) is 35.1 Å². The minimum absolute atomic E-state index is 0.839. The van der Waals surface area contributed by atoms with Gasteiger partial charge in [-0.15, -0.1) is 0 Å². The van der Waals surface area contributed by atoms with Crippen molar-refractivity contribution < 1.29 is 0 Å². The number of hydrogen-bond donors (Lipinski definition) is 0. The molecule has 0 N–H and O–H groups in total. The van der Waals surface area contributed by atoms with Gasteiger partial charge < -0.3 is 0 Å². The Hall–Kier alpha value is -1.44. The van der Waals surface area contributed by atoms with Crippen LogP contribution in [0.1, 0.15) is 24.5 Å². The predicted octanol–water partition coefficient (Wildman–Crippen LogP) is 2.76. The Morgan fingerprint density at radius 3 is 3.23 bits per heavy atom. The highest BCUT2D eigenvalue weighted by atomic mass is 14.9. The fourth-order valence-corrected chi connectivity index (χ4v) is 1.34. The van der Waals surface area contributed by atoms with Crippen molar-refractivity contribution in [2.75, 3.05) is 0 Å². The van der Waals surface area contributed by atoms with Crippen molar-refractivity contribution >= 4 is 18.1 Å². The van der Waals surface area contributed by atoms with Gasteiger partial charge in [0.2, 0.25) is 0 Å². The van der Waals surface area contributed by atoms with E-state index >= 15 is 0 Å². The van der Waals surface area contributed by atoms with Crippen molar-refractivity contribution in [3.63, 3.8) is 0 Å². The first kappa shape index (κ1) is 8.17. The molecule has 2 heterocycles. The van der Waals surface area contributed by atoms with E-state index in [0.29, 0.717) is 0 Å². The second-order valence-electron chi connectivity index (χ2n) is 3.06. The van der Waals surface area contributed by atoms with Crippen LogP contribution in [0.4, 0.5) is 5.82 Å². The topological polar surface area (TPSA) is 25.2 Å². The van der Waals surface area contributed by atoms with Crippen molar-refractivity contribution in [3.8, 4) is 0 Å². The highest BCUT2D eigenvalue weighted by molar-refractivity contribution is 5.73. The molecule has 2 nitrogen and oxygen atoms in total. The number of allylic oxidation sites excluding steroid dienone is 1. The molecule has 0 fully saturated rings. The van der Waals surface area contributed by atoms with Gasteiger partial charge in [-0.05, 0) is 18.1 Å². The van der Waals surface area contributed by atoms with Gasteiger partial charge in [0.1, 0.15) is 0 Å². The van der Waals surface area contributed by atoms with Crippen molar-refractivity contribution in [3.05, 3.63) is 29.5 Å². The lowest BCUT2D eigenvalue weighted by molar-refractivity contribution is 1.10. The minimum atomic E-state index is 0.839. The maximum Gasteiger partial charge on any atom is 0.158 e. The Kier molecular flexibility index (Phi) is 2.21. The van der Waals surface area contributed by atoms with Gasteiger partial charge in [-0.3, -0.25) is 0 Å². The normalized spacial score (nSPS) is 13.9. The Morgan fingerprint density at radius 2 is 2.38 bits per heavy atom. The molecule has 2 heteroatoms. The second-order valence-corrected chi connectivity index (χ2v) is 3.06. The van der Waals surface area contributed by atoms with E-state index < -0.39 is 0 Å². The standard InChI is InChI=1S/C11H12N2/c1-2-9-7-10-5-3-4-6-12-11(10)13-8-9/h3,5-8H,2,4H2,1H3. The summed E-state index contributed by atoms with van der Waals surface area (Å²) < 4.78 is 0. The Balaban J connectivity index is 2.50. The van der Waals surface area contributed by atoms with Gasteiger partial charge >= 0.3 is 0 Å². The highest BCUT2D eigenvalue weighted by Crippen LogP contribution is 2.20. The molecule has 1 aromatic heterocycles. The van der Waals surface area contributed by atoms with Gasteiger partial charge in [0.25, 0.3) is 0 Å². The largest absolute Gasteiger partial charge is 0.241 e. The number of pyridine rings is 1. The summed E-state index contributed by atoms with van der Waals surface area (Å²) in [6, 6.07) is 2.15. The van der Waals surface area contributed by atoms with Gasteiger partial charge in [0.05, 0.1) is 0 Å². The van der Waals surface area contributed by atoms with Crippen LogP contribution in [0.3, 0.4) is 0 Å². The molecule has 1 aliphatic heterocycles. The smallest absolute Gasteiger partial charge is 0.158 e. The van der Waals surface area contributed by atoms with Crippen molar-refractivity contribution in [1.82, 2.24) is 4.98 Å². The van der Waals surface area contributed by atoms with E-state index in [-0.39, 0.29) is 0 Å².